The lowest BCUT2D eigenvalue weighted by Gasteiger charge is -2.27. The van der Waals surface area contributed by atoms with Crippen LogP contribution in [0.3, 0.4) is 0 Å². The van der Waals surface area contributed by atoms with Gasteiger partial charge in [0.2, 0.25) is 0 Å². The summed E-state index contributed by atoms with van der Waals surface area (Å²) in [6, 6.07) is 5.79. The van der Waals surface area contributed by atoms with Crippen LogP contribution in [0.25, 0.3) is 0 Å². The van der Waals surface area contributed by atoms with Crippen LogP contribution in [-0.4, -0.2) is 47.9 Å². The molecular weight excluding hydrogens is 322 g/mol. The van der Waals surface area contributed by atoms with Gasteiger partial charge in [-0.1, -0.05) is 12.1 Å². The minimum Gasteiger partial charge on any atom is -0.308 e. The maximum Gasteiger partial charge on any atom is 0.283 e. The van der Waals surface area contributed by atoms with Crippen molar-refractivity contribution in [3.8, 4) is 0 Å². The van der Waals surface area contributed by atoms with Crippen molar-refractivity contribution in [1.82, 2.24) is 9.80 Å². The number of halogens is 1. The zero-order valence-electron chi connectivity index (χ0n) is 11.9. The molecule has 1 heterocycles. The van der Waals surface area contributed by atoms with E-state index in [2.05, 4.69) is 39.8 Å². The van der Waals surface area contributed by atoms with Gasteiger partial charge in [0.15, 0.2) is 0 Å². The lowest BCUT2D eigenvalue weighted by molar-refractivity contribution is -0.385. The van der Waals surface area contributed by atoms with Gasteiger partial charge in [-0.3, -0.25) is 15.0 Å². The summed E-state index contributed by atoms with van der Waals surface area (Å²) in [6.07, 6.45) is 2.40. The average molecular weight is 342 g/mol. The topological polar surface area (TPSA) is 49.6 Å². The van der Waals surface area contributed by atoms with E-state index in [0.29, 0.717) is 10.5 Å². The first-order valence-corrected chi connectivity index (χ1v) is 7.59. The molecule has 1 aliphatic heterocycles. The van der Waals surface area contributed by atoms with Crippen LogP contribution in [-0.2, 0) is 6.54 Å². The highest BCUT2D eigenvalue weighted by atomic mass is 79.9. The van der Waals surface area contributed by atoms with E-state index in [-0.39, 0.29) is 10.6 Å². The molecule has 110 valence electrons. The molecule has 0 radical (unpaired) electrons. The van der Waals surface area contributed by atoms with Crippen LogP contribution in [0.5, 0.6) is 0 Å². The van der Waals surface area contributed by atoms with Crippen LogP contribution < -0.4 is 0 Å². The Labute approximate surface area is 127 Å². The molecule has 6 heteroatoms. The van der Waals surface area contributed by atoms with Gasteiger partial charge in [-0.2, -0.15) is 0 Å². The van der Waals surface area contributed by atoms with Crippen molar-refractivity contribution in [3.05, 3.63) is 38.3 Å². The Morgan fingerprint density at radius 2 is 2.25 bits per heavy atom. The van der Waals surface area contributed by atoms with E-state index in [4.69, 9.17) is 0 Å². The van der Waals surface area contributed by atoms with Crippen molar-refractivity contribution in [2.75, 3.05) is 27.2 Å². The predicted molar refractivity (Wildman–Crippen MR) is 82.8 cm³/mol. The third kappa shape index (κ3) is 3.56. The number of nitrogens with zero attached hydrogens (tertiary/aromatic N) is 3. The molecule has 1 aromatic carbocycles. The number of nitro groups is 1. The maximum atomic E-state index is 11.0. The predicted octanol–water partition coefficient (Wildman–Crippen LogP) is 2.88. The number of hydrogen-bond donors (Lipinski definition) is 0. The van der Waals surface area contributed by atoms with Crippen LogP contribution in [0.1, 0.15) is 18.4 Å². The third-order valence-electron chi connectivity index (χ3n) is 3.70. The molecule has 5 nitrogen and oxygen atoms in total. The van der Waals surface area contributed by atoms with Gasteiger partial charge in [0.1, 0.15) is 0 Å². The Morgan fingerprint density at radius 3 is 2.90 bits per heavy atom. The van der Waals surface area contributed by atoms with Gasteiger partial charge in [-0.05, 0) is 55.0 Å². The summed E-state index contributed by atoms with van der Waals surface area (Å²) < 4.78 is 0.612. The molecule has 0 bridgehead atoms. The van der Waals surface area contributed by atoms with Crippen LogP contribution in [0.4, 0.5) is 5.69 Å². The Balaban J connectivity index is 2.13. The fraction of sp³-hybridized carbons (Fsp3) is 0.571. The second-order valence-corrected chi connectivity index (χ2v) is 6.33. The molecular formula is C14H20BrN3O2. The van der Waals surface area contributed by atoms with E-state index in [0.717, 1.165) is 25.2 Å². The van der Waals surface area contributed by atoms with Crippen molar-refractivity contribution >= 4 is 21.6 Å². The fourth-order valence-corrected chi connectivity index (χ4v) is 3.31. The van der Waals surface area contributed by atoms with E-state index in [1.165, 1.54) is 18.9 Å². The van der Waals surface area contributed by atoms with Crippen LogP contribution in [0.15, 0.2) is 22.7 Å². The summed E-state index contributed by atoms with van der Waals surface area (Å²) >= 11 is 3.38. The standard InChI is InChI=1S/C14H20BrN3O2/c1-16(2)10-12-6-4-8-17(12)9-11-5-3-7-13(14(11)15)18(19)20/h3,5,7,12H,4,6,8-10H2,1-2H3. The average Bonchev–Trinajstić information content (AvgIpc) is 2.78. The lowest BCUT2D eigenvalue weighted by Crippen LogP contribution is -2.37. The number of nitro benzene ring substituents is 1. The molecule has 2 rings (SSSR count). The number of likely N-dealkylation sites (tertiary alicyclic amines) is 1. The number of hydrogen-bond acceptors (Lipinski definition) is 4. The maximum absolute atomic E-state index is 11.0. The minimum atomic E-state index is -0.338. The Kier molecular flexibility index (Phi) is 5.12. The Hall–Kier alpha value is -0.980. The smallest absolute Gasteiger partial charge is 0.283 e. The first kappa shape index (κ1) is 15.4. The van der Waals surface area contributed by atoms with Gasteiger partial charge in [-0.15, -0.1) is 0 Å². The van der Waals surface area contributed by atoms with E-state index >= 15 is 0 Å². The molecule has 20 heavy (non-hydrogen) atoms. The second-order valence-electron chi connectivity index (χ2n) is 5.54. The molecule has 0 N–H and O–H groups in total. The monoisotopic (exact) mass is 341 g/mol. The van der Waals surface area contributed by atoms with Crippen LogP contribution in [0.2, 0.25) is 0 Å². The van der Waals surface area contributed by atoms with Crippen molar-refractivity contribution in [3.63, 3.8) is 0 Å². The molecule has 0 spiro atoms. The van der Waals surface area contributed by atoms with Gasteiger partial charge < -0.3 is 4.90 Å². The molecule has 1 unspecified atom stereocenters. The van der Waals surface area contributed by atoms with Gasteiger partial charge in [0, 0.05) is 25.2 Å². The molecule has 1 aliphatic rings. The third-order valence-corrected chi connectivity index (χ3v) is 4.62. The summed E-state index contributed by atoms with van der Waals surface area (Å²) in [5.74, 6) is 0. The number of rotatable bonds is 5. The van der Waals surface area contributed by atoms with Gasteiger partial charge in [-0.25, -0.2) is 0 Å². The van der Waals surface area contributed by atoms with E-state index in [1.54, 1.807) is 6.07 Å². The first-order chi connectivity index (χ1) is 9.49. The van der Waals surface area contributed by atoms with Gasteiger partial charge in [0.05, 0.1) is 9.40 Å². The molecule has 0 amide bonds. The van der Waals surface area contributed by atoms with Crippen LogP contribution >= 0.6 is 15.9 Å². The summed E-state index contributed by atoms with van der Waals surface area (Å²) in [4.78, 5) is 15.3. The van der Waals surface area contributed by atoms with E-state index in [9.17, 15) is 10.1 Å². The normalized spacial score (nSPS) is 19.7. The number of likely N-dealkylation sites (N-methyl/N-ethyl adjacent to an activating group) is 1. The molecule has 1 atom stereocenters. The highest BCUT2D eigenvalue weighted by molar-refractivity contribution is 9.10. The van der Waals surface area contributed by atoms with Crippen molar-refractivity contribution in [2.45, 2.75) is 25.4 Å². The van der Waals surface area contributed by atoms with Gasteiger partial charge >= 0.3 is 0 Å². The molecule has 0 aromatic heterocycles. The van der Waals surface area contributed by atoms with Crippen molar-refractivity contribution < 1.29 is 4.92 Å². The minimum absolute atomic E-state index is 0.144. The quantitative estimate of drug-likeness (QED) is 0.610. The lowest BCUT2D eigenvalue weighted by atomic mass is 10.1. The van der Waals surface area contributed by atoms with E-state index in [1.807, 2.05) is 6.07 Å². The highest BCUT2D eigenvalue weighted by Crippen LogP contribution is 2.30. The molecule has 1 saturated heterocycles. The number of benzene rings is 1. The largest absolute Gasteiger partial charge is 0.308 e. The summed E-state index contributed by atoms with van der Waals surface area (Å²) in [5, 5.41) is 11.0. The summed E-state index contributed by atoms with van der Waals surface area (Å²) in [7, 11) is 4.17. The SMILES string of the molecule is CN(C)CC1CCCN1Cc1cccc([N+](=O)[O-])c1Br. The second kappa shape index (κ2) is 6.65. The fourth-order valence-electron chi connectivity index (χ4n) is 2.78. The summed E-state index contributed by atoms with van der Waals surface area (Å²) in [6.45, 7) is 2.86. The molecule has 0 saturated carbocycles. The Morgan fingerprint density at radius 1 is 1.50 bits per heavy atom. The molecule has 1 aromatic rings. The van der Waals surface area contributed by atoms with Crippen molar-refractivity contribution in [2.24, 2.45) is 0 Å². The Bertz CT molecular complexity index is 493. The molecule has 1 fully saturated rings. The zero-order chi connectivity index (χ0) is 14.7. The summed E-state index contributed by atoms with van der Waals surface area (Å²) in [5.41, 5.74) is 1.13. The van der Waals surface area contributed by atoms with E-state index < -0.39 is 0 Å². The zero-order valence-corrected chi connectivity index (χ0v) is 13.5. The van der Waals surface area contributed by atoms with Crippen LogP contribution in [0, 0.1) is 10.1 Å². The first-order valence-electron chi connectivity index (χ1n) is 6.79. The van der Waals surface area contributed by atoms with Gasteiger partial charge in [0.25, 0.3) is 5.69 Å². The van der Waals surface area contributed by atoms with Crippen molar-refractivity contribution in [1.29, 1.82) is 0 Å². The molecule has 0 aliphatic carbocycles. The highest BCUT2D eigenvalue weighted by Gasteiger charge is 2.26.